The largest absolute Gasteiger partial charge is 0.383 e. The first-order chi connectivity index (χ1) is 12.4. The van der Waals surface area contributed by atoms with E-state index >= 15 is 0 Å². The Morgan fingerprint density at radius 1 is 1.27 bits per heavy atom. The molecular weight excluding hydrogens is 339 g/mol. The Morgan fingerprint density at radius 3 is 2.65 bits per heavy atom. The molecule has 0 saturated carbocycles. The molecule has 2 amide bonds. The minimum atomic E-state index is -0.830. The molecule has 0 spiro atoms. The minimum absolute atomic E-state index is 0.264. The highest BCUT2D eigenvalue weighted by Gasteiger charge is 2.24. The van der Waals surface area contributed by atoms with Gasteiger partial charge in [-0.15, -0.1) is 0 Å². The number of anilines is 2. The van der Waals surface area contributed by atoms with Gasteiger partial charge in [0.2, 0.25) is 0 Å². The van der Waals surface area contributed by atoms with Gasteiger partial charge in [-0.05, 0) is 24.6 Å². The Hall–Kier alpha value is -3.49. The number of carbonyl (C=O) groups is 2. The molecule has 0 aliphatic rings. The second-order valence-corrected chi connectivity index (χ2v) is 5.81. The molecule has 8 nitrogen and oxygen atoms in total. The van der Waals surface area contributed by atoms with Crippen LogP contribution < -0.4 is 11.1 Å². The molecule has 0 fully saturated rings. The highest BCUT2D eigenvalue weighted by Crippen LogP contribution is 2.24. The van der Waals surface area contributed by atoms with Gasteiger partial charge >= 0.3 is 11.8 Å². The van der Waals surface area contributed by atoms with Gasteiger partial charge in [0.25, 0.3) is 0 Å². The van der Waals surface area contributed by atoms with E-state index in [0.29, 0.717) is 22.2 Å². The smallest absolute Gasteiger partial charge is 0.314 e. The number of aromatic amines is 1. The SMILES string of the molecule is CC(c1ccc(F)cc1)N(C)C(=O)C(=O)Nc1cnc(N)c2cn[nH]c12. The third kappa shape index (κ3) is 3.18. The summed E-state index contributed by atoms with van der Waals surface area (Å²) in [4.78, 5) is 30.0. The monoisotopic (exact) mass is 356 g/mol. The van der Waals surface area contributed by atoms with Crippen LogP contribution in [-0.2, 0) is 9.59 Å². The number of H-pyrrole nitrogens is 1. The summed E-state index contributed by atoms with van der Waals surface area (Å²) in [5.74, 6) is -1.68. The number of hydrogen-bond acceptors (Lipinski definition) is 5. The molecular formula is C17H17FN6O2. The van der Waals surface area contributed by atoms with Gasteiger partial charge in [0, 0.05) is 7.05 Å². The van der Waals surface area contributed by atoms with Gasteiger partial charge in [-0.3, -0.25) is 14.7 Å². The minimum Gasteiger partial charge on any atom is -0.383 e. The third-order valence-corrected chi connectivity index (χ3v) is 4.21. The van der Waals surface area contributed by atoms with Crippen LogP contribution in [0.2, 0.25) is 0 Å². The predicted molar refractivity (Wildman–Crippen MR) is 94.5 cm³/mol. The van der Waals surface area contributed by atoms with E-state index in [9.17, 15) is 14.0 Å². The van der Waals surface area contributed by atoms with E-state index in [1.165, 1.54) is 36.5 Å². The Morgan fingerprint density at radius 2 is 1.96 bits per heavy atom. The molecule has 0 bridgehead atoms. The van der Waals surface area contributed by atoms with Crippen molar-refractivity contribution in [2.75, 3.05) is 18.1 Å². The first-order valence-electron chi connectivity index (χ1n) is 7.79. The summed E-state index contributed by atoms with van der Waals surface area (Å²) in [7, 11) is 1.50. The Kier molecular flexibility index (Phi) is 4.53. The molecule has 0 aliphatic carbocycles. The molecule has 1 aromatic carbocycles. The second-order valence-electron chi connectivity index (χ2n) is 5.81. The van der Waals surface area contributed by atoms with Crippen molar-refractivity contribution >= 4 is 34.2 Å². The van der Waals surface area contributed by atoms with Crippen molar-refractivity contribution in [3.63, 3.8) is 0 Å². The van der Waals surface area contributed by atoms with Crippen LogP contribution in [0.1, 0.15) is 18.5 Å². The molecule has 26 heavy (non-hydrogen) atoms. The molecule has 3 rings (SSSR count). The van der Waals surface area contributed by atoms with E-state index in [4.69, 9.17) is 5.73 Å². The van der Waals surface area contributed by atoms with Gasteiger partial charge in [0.1, 0.15) is 11.6 Å². The van der Waals surface area contributed by atoms with Crippen LogP contribution in [0.3, 0.4) is 0 Å². The molecule has 1 unspecified atom stereocenters. The molecule has 2 heterocycles. The maximum absolute atomic E-state index is 13.0. The van der Waals surface area contributed by atoms with Crippen molar-refractivity contribution in [1.29, 1.82) is 0 Å². The normalized spacial score (nSPS) is 12.0. The lowest BCUT2D eigenvalue weighted by Crippen LogP contribution is -2.38. The van der Waals surface area contributed by atoms with Crippen molar-refractivity contribution in [1.82, 2.24) is 20.1 Å². The van der Waals surface area contributed by atoms with Crippen LogP contribution in [-0.4, -0.2) is 38.9 Å². The summed E-state index contributed by atoms with van der Waals surface area (Å²) >= 11 is 0. The maximum Gasteiger partial charge on any atom is 0.314 e. The van der Waals surface area contributed by atoms with E-state index in [0.717, 1.165) is 0 Å². The van der Waals surface area contributed by atoms with Crippen LogP contribution in [0.5, 0.6) is 0 Å². The number of likely N-dealkylation sites (N-methyl/N-ethyl adjacent to an activating group) is 1. The number of benzene rings is 1. The van der Waals surface area contributed by atoms with Gasteiger partial charge in [0.15, 0.2) is 0 Å². The van der Waals surface area contributed by atoms with Crippen LogP contribution in [0.4, 0.5) is 15.9 Å². The number of aromatic nitrogens is 3. The Labute approximate surface area is 148 Å². The number of nitrogens with one attached hydrogen (secondary N) is 2. The lowest BCUT2D eigenvalue weighted by atomic mass is 10.1. The van der Waals surface area contributed by atoms with Crippen molar-refractivity contribution in [3.05, 3.63) is 48.0 Å². The first-order valence-corrected chi connectivity index (χ1v) is 7.79. The average Bonchev–Trinajstić information content (AvgIpc) is 3.13. The summed E-state index contributed by atoms with van der Waals surface area (Å²) in [5.41, 5.74) is 7.22. The first kappa shape index (κ1) is 17.3. The number of hydrogen-bond donors (Lipinski definition) is 3. The summed E-state index contributed by atoms with van der Waals surface area (Å²) in [6, 6.07) is 5.34. The number of rotatable bonds is 3. The van der Waals surface area contributed by atoms with Crippen molar-refractivity contribution < 1.29 is 14.0 Å². The number of pyridine rings is 1. The zero-order valence-electron chi connectivity index (χ0n) is 14.2. The van der Waals surface area contributed by atoms with Crippen LogP contribution in [0.15, 0.2) is 36.7 Å². The summed E-state index contributed by atoms with van der Waals surface area (Å²) in [6.45, 7) is 1.75. The summed E-state index contributed by atoms with van der Waals surface area (Å²) < 4.78 is 13.0. The molecule has 134 valence electrons. The number of fused-ring (bicyclic) bond motifs is 1. The van der Waals surface area contributed by atoms with Crippen molar-refractivity contribution in [2.45, 2.75) is 13.0 Å². The molecule has 9 heteroatoms. The average molecular weight is 356 g/mol. The quantitative estimate of drug-likeness (QED) is 0.619. The number of nitrogens with zero attached hydrogens (tertiary/aromatic N) is 3. The van der Waals surface area contributed by atoms with E-state index in [1.807, 2.05) is 0 Å². The highest BCUT2D eigenvalue weighted by atomic mass is 19.1. The van der Waals surface area contributed by atoms with Gasteiger partial charge < -0.3 is 16.0 Å². The van der Waals surface area contributed by atoms with Crippen LogP contribution >= 0.6 is 0 Å². The molecule has 4 N–H and O–H groups in total. The number of carbonyl (C=O) groups excluding carboxylic acids is 2. The number of nitrogens with two attached hydrogens (primary N) is 1. The Balaban J connectivity index is 1.76. The molecule has 2 aromatic heterocycles. The fraction of sp³-hybridized carbons (Fsp3) is 0.176. The fourth-order valence-corrected chi connectivity index (χ4v) is 2.53. The molecule has 3 aromatic rings. The zero-order valence-corrected chi connectivity index (χ0v) is 14.2. The van der Waals surface area contributed by atoms with Crippen LogP contribution in [0.25, 0.3) is 10.9 Å². The van der Waals surface area contributed by atoms with Gasteiger partial charge in [0.05, 0.1) is 35.0 Å². The zero-order chi connectivity index (χ0) is 18.8. The number of halogens is 1. The Bertz CT molecular complexity index is 969. The van der Waals surface area contributed by atoms with Crippen molar-refractivity contribution in [3.8, 4) is 0 Å². The lowest BCUT2D eigenvalue weighted by Gasteiger charge is -2.24. The summed E-state index contributed by atoms with van der Waals surface area (Å²) in [6.07, 6.45) is 2.84. The van der Waals surface area contributed by atoms with E-state index < -0.39 is 17.9 Å². The predicted octanol–water partition coefficient (Wildman–Crippen LogP) is 1.84. The molecule has 0 aliphatic heterocycles. The standard InChI is InChI=1S/C17H17FN6O2/c1-9(10-3-5-11(18)6-4-10)24(2)17(26)16(25)22-13-8-20-15(19)12-7-21-23-14(12)13/h3-9H,1-2H3,(H2,19,20)(H,21,23)(H,22,25). The number of nitrogen functional groups attached to an aromatic ring is 1. The van der Waals surface area contributed by atoms with Crippen molar-refractivity contribution in [2.24, 2.45) is 0 Å². The van der Waals surface area contributed by atoms with Gasteiger partial charge in [-0.25, -0.2) is 9.37 Å². The number of amides is 2. The van der Waals surface area contributed by atoms with Gasteiger partial charge in [-0.2, -0.15) is 5.10 Å². The van der Waals surface area contributed by atoms with E-state index in [2.05, 4.69) is 20.5 Å². The fourth-order valence-electron chi connectivity index (χ4n) is 2.53. The highest BCUT2D eigenvalue weighted by molar-refractivity contribution is 6.40. The second kappa shape index (κ2) is 6.79. The molecule has 0 radical (unpaired) electrons. The van der Waals surface area contributed by atoms with Crippen LogP contribution in [0, 0.1) is 5.82 Å². The molecule has 0 saturated heterocycles. The van der Waals surface area contributed by atoms with E-state index in [-0.39, 0.29) is 11.6 Å². The topological polar surface area (TPSA) is 117 Å². The third-order valence-electron chi connectivity index (χ3n) is 4.21. The van der Waals surface area contributed by atoms with E-state index in [1.54, 1.807) is 19.1 Å². The van der Waals surface area contributed by atoms with Gasteiger partial charge in [-0.1, -0.05) is 12.1 Å². The lowest BCUT2D eigenvalue weighted by molar-refractivity contribution is -0.143. The maximum atomic E-state index is 13.0. The molecule has 1 atom stereocenters. The summed E-state index contributed by atoms with van der Waals surface area (Å²) in [5, 5.41) is 9.63.